The molecule has 13 heteroatoms. The number of hydrogen-bond donors (Lipinski definition) is 5. The third-order valence-electron chi connectivity index (χ3n) is 7.09. The minimum Gasteiger partial charge on any atom is -0.477 e. The molecule has 2 fully saturated rings. The van der Waals surface area contributed by atoms with Crippen molar-refractivity contribution in [3.05, 3.63) is 23.5 Å². The molecule has 3 heterocycles. The molecule has 3 aromatic heterocycles. The number of aliphatic hydroxyl groups is 3. The van der Waals surface area contributed by atoms with Crippen LogP contribution in [-0.2, 0) is 0 Å². The molecule has 0 radical (unpaired) electrons. The molecular formula is C25H30F3N5O5. The molecule has 0 amide bonds. The molecule has 38 heavy (non-hydrogen) atoms. The number of fused-ring (bicyclic) bond motifs is 2. The second-order valence-corrected chi connectivity index (χ2v) is 10.5. The van der Waals surface area contributed by atoms with Gasteiger partial charge in [-0.1, -0.05) is 13.8 Å². The summed E-state index contributed by atoms with van der Waals surface area (Å²) in [6.45, 7) is 6.47. The Labute approximate surface area is 216 Å². The average molecular weight is 538 g/mol. The fourth-order valence-corrected chi connectivity index (χ4v) is 5.12. The van der Waals surface area contributed by atoms with Crippen molar-refractivity contribution in [1.29, 1.82) is 0 Å². The van der Waals surface area contributed by atoms with E-state index in [0.717, 1.165) is 0 Å². The van der Waals surface area contributed by atoms with E-state index in [-0.39, 0.29) is 35.2 Å². The second-order valence-electron chi connectivity index (χ2n) is 10.5. The van der Waals surface area contributed by atoms with Crippen LogP contribution in [0.4, 0.5) is 24.9 Å². The third-order valence-corrected chi connectivity index (χ3v) is 7.09. The van der Waals surface area contributed by atoms with Crippen LogP contribution in [0.5, 0.6) is 5.88 Å². The van der Waals surface area contributed by atoms with Crippen LogP contribution in [0.15, 0.2) is 16.5 Å². The van der Waals surface area contributed by atoms with Crippen LogP contribution < -0.4 is 15.4 Å². The lowest BCUT2D eigenvalue weighted by Gasteiger charge is -2.32. The molecular weight excluding hydrogens is 507 g/mol. The van der Waals surface area contributed by atoms with Crippen molar-refractivity contribution in [3.8, 4) is 17.2 Å². The lowest BCUT2D eigenvalue weighted by atomic mass is 10.0. The van der Waals surface area contributed by atoms with Gasteiger partial charge >= 0.3 is 6.18 Å². The number of halogens is 3. The van der Waals surface area contributed by atoms with Gasteiger partial charge in [0.1, 0.15) is 23.7 Å². The van der Waals surface area contributed by atoms with E-state index in [0.29, 0.717) is 41.5 Å². The maximum atomic E-state index is 12.8. The smallest absolute Gasteiger partial charge is 0.405 e. The molecule has 2 aliphatic carbocycles. The zero-order chi connectivity index (χ0) is 27.6. The van der Waals surface area contributed by atoms with Crippen LogP contribution >= 0.6 is 0 Å². The topological polar surface area (TPSA) is 146 Å². The van der Waals surface area contributed by atoms with Crippen molar-refractivity contribution in [3.63, 3.8) is 0 Å². The van der Waals surface area contributed by atoms with E-state index in [1.807, 2.05) is 13.8 Å². The van der Waals surface area contributed by atoms with E-state index in [2.05, 4.69) is 25.6 Å². The Morgan fingerprint density at radius 1 is 1.16 bits per heavy atom. The van der Waals surface area contributed by atoms with Crippen LogP contribution in [0.1, 0.15) is 38.1 Å². The van der Waals surface area contributed by atoms with Gasteiger partial charge in [0.15, 0.2) is 11.3 Å². The van der Waals surface area contributed by atoms with Gasteiger partial charge in [-0.15, -0.1) is 0 Å². The highest BCUT2D eigenvalue weighted by atomic mass is 19.4. The highest BCUT2D eigenvalue weighted by Gasteiger charge is 2.78. The first-order valence-corrected chi connectivity index (χ1v) is 12.4. The Morgan fingerprint density at radius 2 is 1.89 bits per heavy atom. The number of nitrogens with zero attached hydrogens (tertiary/aromatic N) is 3. The Bertz CT molecular complexity index is 1380. The van der Waals surface area contributed by atoms with Gasteiger partial charge < -0.3 is 35.1 Å². The first-order chi connectivity index (χ1) is 17.7. The summed E-state index contributed by atoms with van der Waals surface area (Å²) in [5, 5.41) is 37.9. The molecule has 0 aliphatic heterocycles. The fraction of sp³-hybridized carbons (Fsp3) is 0.560. The number of aromatic nitrogens is 3. The summed E-state index contributed by atoms with van der Waals surface area (Å²) >= 11 is 0. The number of ether oxygens (including phenoxy) is 1. The van der Waals surface area contributed by atoms with Gasteiger partial charge in [-0.05, 0) is 38.7 Å². The Balaban J connectivity index is 1.57. The molecule has 0 spiro atoms. The maximum absolute atomic E-state index is 12.8. The predicted octanol–water partition coefficient (Wildman–Crippen LogP) is 3.53. The van der Waals surface area contributed by atoms with Gasteiger partial charge in [-0.2, -0.15) is 18.2 Å². The van der Waals surface area contributed by atoms with Gasteiger partial charge in [0, 0.05) is 17.4 Å². The molecule has 0 aromatic carbocycles. The van der Waals surface area contributed by atoms with E-state index in [4.69, 9.17) is 9.15 Å². The maximum Gasteiger partial charge on any atom is 0.405 e. The summed E-state index contributed by atoms with van der Waals surface area (Å²) in [5.74, 6) is 0.0922. The zero-order valence-corrected chi connectivity index (χ0v) is 21.3. The average Bonchev–Trinajstić information content (AvgIpc) is 3.09. The number of nitrogens with one attached hydrogen (secondary N) is 2. The molecule has 0 bridgehead atoms. The van der Waals surface area contributed by atoms with Crippen LogP contribution in [0.3, 0.4) is 0 Å². The summed E-state index contributed by atoms with van der Waals surface area (Å²) in [7, 11) is 0. The Hall–Kier alpha value is -3.16. The highest BCUT2D eigenvalue weighted by molar-refractivity contribution is 5.88. The summed E-state index contributed by atoms with van der Waals surface area (Å²) < 4.78 is 50.4. The molecule has 4 unspecified atom stereocenters. The normalized spacial score (nSPS) is 26.6. The lowest BCUT2D eigenvalue weighted by Crippen LogP contribution is -2.51. The van der Waals surface area contributed by atoms with E-state index in [9.17, 15) is 28.5 Å². The number of furan rings is 1. The molecule has 0 saturated heterocycles. The molecule has 2 saturated carbocycles. The largest absolute Gasteiger partial charge is 0.477 e. The quantitative estimate of drug-likeness (QED) is 0.271. The second kappa shape index (κ2) is 8.95. The molecule has 206 valence electrons. The van der Waals surface area contributed by atoms with Crippen LogP contribution in [-0.4, -0.2) is 67.0 Å². The number of aliphatic hydroxyl groups excluding tert-OH is 1. The van der Waals surface area contributed by atoms with Crippen molar-refractivity contribution >= 4 is 22.7 Å². The summed E-state index contributed by atoms with van der Waals surface area (Å²) in [4.78, 5) is 12.8. The number of hydrogen-bond acceptors (Lipinski definition) is 10. The minimum atomic E-state index is -4.51. The number of pyridine rings is 1. The minimum absolute atomic E-state index is 0.0567. The van der Waals surface area contributed by atoms with Gasteiger partial charge in [-0.25, -0.2) is 9.97 Å². The van der Waals surface area contributed by atoms with E-state index in [1.165, 1.54) is 0 Å². The fourth-order valence-electron chi connectivity index (χ4n) is 5.12. The number of rotatable bonds is 8. The van der Waals surface area contributed by atoms with Crippen LogP contribution in [0.25, 0.3) is 22.3 Å². The first kappa shape index (κ1) is 26.4. The predicted molar refractivity (Wildman–Crippen MR) is 132 cm³/mol. The highest BCUT2D eigenvalue weighted by Crippen LogP contribution is 2.61. The standard InChI is InChI=1S/C25H30F3N5O5/c1-11(2)9-37-17-8-14-7-16(38-19(14)13(4)30-17)18-12(3)31-22(29-10-24(26,27)28)32-21(18)33-23(35)6-5-15-20(34)25(15,23)36/h7-8,11,15,20,34-36H,5-6,9-10H2,1-4H3,(H2,29,31,32,33). The van der Waals surface area contributed by atoms with Gasteiger partial charge in [0.2, 0.25) is 11.8 Å². The van der Waals surface area contributed by atoms with Crippen molar-refractivity contribution in [2.45, 2.75) is 64.1 Å². The van der Waals surface area contributed by atoms with Gasteiger partial charge in [0.25, 0.3) is 0 Å². The zero-order valence-electron chi connectivity index (χ0n) is 21.3. The Kier molecular flexibility index (Phi) is 6.23. The van der Waals surface area contributed by atoms with E-state index >= 15 is 0 Å². The lowest BCUT2D eigenvalue weighted by molar-refractivity contribution is -0.115. The number of anilines is 2. The van der Waals surface area contributed by atoms with Crippen LogP contribution in [0, 0.1) is 25.7 Å². The first-order valence-electron chi connectivity index (χ1n) is 12.4. The van der Waals surface area contributed by atoms with Crippen LogP contribution in [0.2, 0.25) is 0 Å². The van der Waals surface area contributed by atoms with Gasteiger partial charge in [0.05, 0.1) is 29.7 Å². The van der Waals surface area contributed by atoms with E-state index < -0.39 is 36.1 Å². The molecule has 3 aromatic rings. The molecule has 4 atom stereocenters. The Morgan fingerprint density at radius 3 is 2.53 bits per heavy atom. The molecule has 5 N–H and O–H groups in total. The van der Waals surface area contributed by atoms with Crippen molar-refractivity contribution in [2.24, 2.45) is 11.8 Å². The van der Waals surface area contributed by atoms with Gasteiger partial charge in [-0.3, -0.25) is 0 Å². The summed E-state index contributed by atoms with van der Waals surface area (Å²) in [6, 6.07) is 3.42. The molecule has 10 nitrogen and oxygen atoms in total. The van der Waals surface area contributed by atoms with Crippen molar-refractivity contribution in [1.82, 2.24) is 15.0 Å². The SMILES string of the molecule is Cc1nc(NCC(F)(F)F)nc(NC2(O)CCC3C(O)C32O)c1-c1cc2cc(OCC(C)C)nc(C)c2o1. The molecule has 5 rings (SSSR count). The third kappa shape index (κ3) is 4.52. The van der Waals surface area contributed by atoms with E-state index in [1.54, 1.807) is 26.0 Å². The number of aryl methyl sites for hydroxylation is 2. The number of alkyl halides is 3. The summed E-state index contributed by atoms with van der Waals surface area (Å²) in [5.41, 5.74) is -2.20. The van der Waals surface area contributed by atoms with Crippen molar-refractivity contribution in [2.75, 3.05) is 23.8 Å². The van der Waals surface area contributed by atoms with Crippen molar-refractivity contribution < 1.29 is 37.6 Å². The monoisotopic (exact) mass is 537 g/mol. The molecule has 2 aliphatic rings. The summed E-state index contributed by atoms with van der Waals surface area (Å²) in [6.07, 6.45) is -5.19.